The summed E-state index contributed by atoms with van der Waals surface area (Å²) < 4.78 is 0. The Morgan fingerprint density at radius 3 is 2.25 bits per heavy atom. The monoisotopic (exact) mass is 173 g/mol. The molecule has 0 saturated heterocycles. The molecule has 0 aromatic rings. The van der Waals surface area contributed by atoms with Crippen LogP contribution in [0.2, 0.25) is 0 Å². The molecule has 3 heteroatoms. The second kappa shape index (κ2) is 5.30. The summed E-state index contributed by atoms with van der Waals surface area (Å²) in [5.74, 6) is 0. The highest BCUT2D eigenvalue weighted by Crippen LogP contribution is 2.12. The van der Waals surface area contributed by atoms with E-state index in [2.05, 4.69) is 0 Å². The highest BCUT2D eigenvalue weighted by atomic mass is 16.3. The van der Waals surface area contributed by atoms with Gasteiger partial charge in [-0.25, -0.2) is 0 Å². The van der Waals surface area contributed by atoms with Gasteiger partial charge in [-0.2, -0.15) is 0 Å². The Kier molecular flexibility index (Phi) is 5.13. The summed E-state index contributed by atoms with van der Waals surface area (Å²) in [5.41, 5.74) is 6.09. The van der Waals surface area contributed by atoms with Gasteiger partial charge in [0.1, 0.15) is 0 Å². The molecule has 0 saturated carbocycles. The molecule has 0 aliphatic carbocycles. The first-order valence-electron chi connectivity index (χ1n) is 4.20. The fourth-order valence-electron chi connectivity index (χ4n) is 0.799. The van der Waals surface area contributed by atoms with E-state index in [0.29, 0.717) is 6.42 Å². The summed E-state index contributed by atoms with van der Waals surface area (Å²) in [6, 6.07) is 0. The molecule has 0 fully saturated rings. The predicted octanol–water partition coefficient (Wildman–Crippen LogP) is 0.415. The summed E-state index contributed by atoms with van der Waals surface area (Å²) >= 11 is 0. The fourth-order valence-corrected chi connectivity index (χ4v) is 0.799. The van der Waals surface area contributed by atoms with E-state index >= 15 is 0 Å². The van der Waals surface area contributed by atoms with Crippen molar-refractivity contribution >= 4 is 0 Å². The van der Waals surface area contributed by atoms with Crippen LogP contribution in [0.25, 0.3) is 0 Å². The van der Waals surface area contributed by atoms with Crippen molar-refractivity contribution in [1.82, 2.24) is 0 Å². The van der Waals surface area contributed by atoms with Crippen molar-refractivity contribution in [2.75, 3.05) is 13.2 Å². The highest BCUT2D eigenvalue weighted by Gasteiger charge is 2.22. The van der Waals surface area contributed by atoms with E-state index in [9.17, 15) is 0 Å². The maximum absolute atomic E-state index is 8.87. The predicted molar refractivity (Wildman–Crippen MR) is 49.8 cm³/mol. The topological polar surface area (TPSA) is 66.5 Å². The van der Waals surface area contributed by atoms with Crippen molar-refractivity contribution in [3.05, 3.63) is 11.6 Å². The lowest BCUT2D eigenvalue weighted by atomic mass is 9.94. The summed E-state index contributed by atoms with van der Waals surface area (Å²) in [4.78, 5) is 0. The lowest BCUT2D eigenvalue weighted by Crippen LogP contribution is -2.47. The van der Waals surface area contributed by atoms with Crippen LogP contribution in [0.1, 0.15) is 26.7 Å². The maximum Gasteiger partial charge on any atom is 0.0633 e. The van der Waals surface area contributed by atoms with Crippen molar-refractivity contribution < 1.29 is 10.2 Å². The van der Waals surface area contributed by atoms with Gasteiger partial charge in [0.25, 0.3) is 0 Å². The minimum absolute atomic E-state index is 0.166. The van der Waals surface area contributed by atoms with Crippen LogP contribution in [0.5, 0.6) is 0 Å². The van der Waals surface area contributed by atoms with Gasteiger partial charge in [-0.3, -0.25) is 0 Å². The Morgan fingerprint density at radius 2 is 1.92 bits per heavy atom. The Balaban J connectivity index is 3.89. The number of hydrogen-bond donors (Lipinski definition) is 3. The van der Waals surface area contributed by atoms with E-state index in [1.807, 2.05) is 19.9 Å². The standard InChI is InChI=1S/C9H19NO2/c1-3-8(2)4-5-9(10,6-11)7-12/h3,11-12H,4-7,10H2,1-2H3. The number of hydrogen-bond acceptors (Lipinski definition) is 3. The van der Waals surface area contributed by atoms with Gasteiger partial charge in [-0.1, -0.05) is 11.6 Å². The zero-order valence-corrected chi connectivity index (χ0v) is 7.88. The van der Waals surface area contributed by atoms with Crippen LogP contribution in [0.3, 0.4) is 0 Å². The lowest BCUT2D eigenvalue weighted by molar-refractivity contribution is 0.115. The molecule has 0 spiro atoms. The Hall–Kier alpha value is -0.380. The largest absolute Gasteiger partial charge is 0.394 e. The first kappa shape index (κ1) is 11.6. The average Bonchev–Trinajstić information content (AvgIpc) is 2.13. The first-order valence-corrected chi connectivity index (χ1v) is 4.20. The molecule has 0 bridgehead atoms. The minimum atomic E-state index is -0.815. The van der Waals surface area contributed by atoms with E-state index in [1.165, 1.54) is 5.57 Å². The van der Waals surface area contributed by atoms with Gasteiger partial charge in [0.05, 0.1) is 18.8 Å². The van der Waals surface area contributed by atoms with Crippen LogP contribution in [-0.2, 0) is 0 Å². The number of allylic oxidation sites excluding steroid dienone is 2. The molecule has 0 heterocycles. The van der Waals surface area contributed by atoms with Gasteiger partial charge in [0.2, 0.25) is 0 Å². The third-order valence-corrected chi connectivity index (χ3v) is 2.14. The van der Waals surface area contributed by atoms with Crippen molar-refractivity contribution in [2.45, 2.75) is 32.2 Å². The van der Waals surface area contributed by atoms with E-state index < -0.39 is 5.54 Å². The first-order chi connectivity index (χ1) is 5.58. The molecule has 0 radical (unpaired) electrons. The van der Waals surface area contributed by atoms with Crippen LogP contribution >= 0.6 is 0 Å². The highest BCUT2D eigenvalue weighted by molar-refractivity contribution is 4.98. The summed E-state index contributed by atoms with van der Waals surface area (Å²) in [6.45, 7) is 3.64. The molecule has 0 amide bonds. The average molecular weight is 173 g/mol. The molecule has 0 atom stereocenters. The van der Waals surface area contributed by atoms with Crippen molar-refractivity contribution in [3.8, 4) is 0 Å². The van der Waals surface area contributed by atoms with Gasteiger partial charge in [0, 0.05) is 0 Å². The lowest BCUT2D eigenvalue weighted by Gasteiger charge is -2.24. The molecule has 72 valence electrons. The third-order valence-electron chi connectivity index (χ3n) is 2.14. The fraction of sp³-hybridized carbons (Fsp3) is 0.778. The molecule has 0 rings (SSSR count). The van der Waals surface area contributed by atoms with E-state index in [0.717, 1.165) is 6.42 Å². The van der Waals surface area contributed by atoms with Gasteiger partial charge in [0.15, 0.2) is 0 Å². The van der Waals surface area contributed by atoms with E-state index in [4.69, 9.17) is 15.9 Å². The quantitative estimate of drug-likeness (QED) is 0.528. The number of aliphatic hydroxyl groups is 2. The van der Waals surface area contributed by atoms with Crippen LogP contribution < -0.4 is 5.73 Å². The molecular formula is C9H19NO2. The smallest absolute Gasteiger partial charge is 0.0633 e. The second-order valence-corrected chi connectivity index (χ2v) is 3.31. The Morgan fingerprint density at radius 1 is 1.42 bits per heavy atom. The molecule has 0 aromatic heterocycles. The Labute approximate surface area is 73.9 Å². The Bertz CT molecular complexity index is 151. The molecule has 0 aromatic carbocycles. The van der Waals surface area contributed by atoms with Gasteiger partial charge < -0.3 is 15.9 Å². The van der Waals surface area contributed by atoms with Crippen LogP contribution in [0, 0.1) is 0 Å². The normalized spacial score (nSPS) is 13.6. The zero-order valence-electron chi connectivity index (χ0n) is 7.88. The summed E-state index contributed by atoms with van der Waals surface area (Å²) in [7, 11) is 0. The van der Waals surface area contributed by atoms with Gasteiger partial charge in [-0.05, 0) is 26.7 Å². The SMILES string of the molecule is CC=C(C)CCC(N)(CO)CO. The second-order valence-electron chi connectivity index (χ2n) is 3.31. The van der Waals surface area contributed by atoms with Crippen LogP contribution in [-0.4, -0.2) is 29.0 Å². The zero-order chi connectivity index (χ0) is 9.61. The van der Waals surface area contributed by atoms with Crippen molar-refractivity contribution in [1.29, 1.82) is 0 Å². The third kappa shape index (κ3) is 3.85. The summed E-state index contributed by atoms with van der Waals surface area (Å²) in [6.07, 6.45) is 3.46. The van der Waals surface area contributed by atoms with E-state index in [-0.39, 0.29) is 13.2 Å². The van der Waals surface area contributed by atoms with Crippen molar-refractivity contribution in [2.24, 2.45) is 5.73 Å². The molecule has 12 heavy (non-hydrogen) atoms. The van der Waals surface area contributed by atoms with Gasteiger partial charge in [-0.15, -0.1) is 0 Å². The van der Waals surface area contributed by atoms with Crippen LogP contribution in [0.15, 0.2) is 11.6 Å². The van der Waals surface area contributed by atoms with Crippen molar-refractivity contribution in [3.63, 3.8) is 0 Å². The number of rotatable bonds is 5. The minimum Gasteiger partial charge on any atom is -0.394 e. The number of aliphatic hydroxyl groups excluding tert-OH is 2. The molecule has 3 nitrogen and oxygen atoms in total. The molecule has 0 aliphatic heterocycles. The molecular weight excluding hydrogens is 154 g/mol. The molecule has 0 aliphatic rings. The summed E-state index contributed by atoms with van der Waals surface area (Å²) in [5, 5.41) is 17.7. The molecule has 4 N–H and O–H groups in total. The van der Waals surface area contributed by atoms with Gasteiger partial charge >= 0.3 is 0 Å². The molecule has 0 unspecified atom stereocenters. The maximum atomic E-state index is 8.87. The van der Waals surface area contributed by atoms with E-state index in [1.54, 1.807) is 0 Å². The number of nitrogens with two attached hydrogens (primary N) is 1. The van der Waals surface area contributed by atoms with Crippen LogP contribution in [0.4, 0.5) is 0 Å².